The summed E-state index contributed by atoms with van der Waals surface area (Å²) in [5.74, 6) is -0.852. The number of ether oxygens (including phenoxy) is 3. The predicted molar refractivity (Wildman–Crippen MR) is 280 cm³/mol. The highest BCUT2D eigenvalue weighted by Gasteiger charge is 2.19. The van der Waals surface area contributed by atoms with E-state index in [1.807, 2.05) is 0 Å². The van der Waals surface area contributed by atoms with Crippen LogP contribution in [-0.2, 0) is 28.6 Å². The van der Waals surface area contributed by atoms with E-state index in [0.29, 0.717) is 19.3 Å². The third-order valence-corrected chi connectivity index (χ3v) is 13.3. The normalized spacial score (nSPS) is 12.0. The summed E-state index contributed by atoms with van der Waals surface area (Å²) in [7, 11) is 0. The van der Waals surface area contributed by atoms with Gasteiger partial charge in [0, 0.05) is 19.3 Å². The summed E-state index contributed by atoms with van der Waals surface area (Å²) in [6.07, 6.45) is 62.1. The molecule has 0 heterocycles. The van der Waals surface area contributed by atoms with E-state index < -0.39 is 6.10 Å². The molecular formula is C59H112O6. The van der Waals surface area contributed by atoms with Crippen molar-refractivity contribution in [1.82, 2.24) is 0 Å². The number of hydrogen-bond donors (Lipinski definition) is 0. The Labute approximate surface area is 405 Å². The number of allylic oxidation sites excluding steroid dienone is 2. The molecule has 0 N–H and O–H groups in total. The second-order valence-corrected chi connectivity index (χ2v) is 19.9. The lowest BCUT2D eigenvalue weighted by Crippen LogP contribution is -2.30. The van der Waals surface area contributed by atoms with E-state index in [1.165, 1.54) is 225 Å². The molecular weight excluding hydrogens is 805 g/mol. The number of carbonyl (C=O) groups excluding carboxylic acids is 3. The van der Waals surface area contributed by atoms with Gasteiger partial charge < -0.3 is 14.2 Å². The lowest BCUT2D eigenvalue weighted by Gasteiger charge is -2.18. The van der Waals surface area contributed by atoms with Crippen LogP contribution in [0.1, 0.15) is 329 Å². The maximum atomic E-state index is 12.9. The van der Waals surface area contributed by atoms with E-state index in [1.54, 1.807) is 0 Å². The fourth-order valence-corrected chi connectivity index (χ4v) is 8.85. The second kappa shape index (κ2) is 54.8. The first kappa shape index (κ1) is 63.1. The fraction of sp³-hybridized carbons (Fsp3) is 0.915. The largest absolute Gasteiger partial charge is 0.462 e. The second-order valence-electron chi connectivity index (χ2n) is 19.9. The summed E-state index contributed by atoms with van der Waals surface area (Å²) in [6.45, 7) is 6.67. The molecule has 1 atom stereocenters. The lowest BCUT2D eigenvalue weighted by molar-refractivity contribution is -0.167. The fourth-order valence-electron chi connectivity index (χ4n) is 8.85. The van der Waals surface area contributed by atoms with E-state index in [4.69, 9.17) is 14.2 Å². The first-order chi connectivity index (χ1) is 32.0. The van der Waals surface area contributed by atoms with Crippen LogP contribution in [0.5, 0.6) is 0 Å². The number of esters is 3. The Balaban J connectivity index is 4.26. The molecule has 0 aliphatic rings. The Morgan fingerprint density at radius 3 is 0.785 bits per heavy atom. The molecule has 0 aliphatic heterocycles. The van der Waals surface area contributed by atoms with Crippen LogP contribution in [0.3, 0.4) is 0 Å². The minimum atomic E-state index is -0.767. The Kier molecular flexibility index (Phi) is 53.2. The topological polar surface area (TPSA) is 78.9 Å². The number of hydrogen-bond acceptors (Lipinski definition) is 6. The van der Waals surface area contributed by atoms with Crippen molar-refractivity contribution in [3.63, 3.8) is 0 Å². The van der Waals surface area contributed by atoms with Crippen LogP contribution in [-0.4, -0.2) is 37.2 Å². The van der Waals surface area contributed by atoms with Crippen molar-refractivity contribution in [1.29, 1.82) is 0 Å². The van der Waals surface area contributed by atoms with Crippen LogP contribution in [0.15, 0.2) is 12.2 Å². The van der Waals surface area contributed by atoms with Crippen LogP contribution in [0.4, 0.5) is 0 Å². The smallest absolute Gasteiger partial charge is 0.306 e. The predicted octanol–water partition coefficient (Wildman–Crippen LogP) is 19.3. The molecule has 0 radical (unpaired) electrons. The molecule has 0 aliphatic carbocycles. The van der Waals surface area contributed by atoms with Crippen molar-refractivity contribution in [3.8, 4) is 0 Å². The van der Waals surface area contributed by atoms with Gasteiger partial charge in [0.05, 0.1) is 0 Å². The van der Waals surface area contributed by atoms with Crippen molar-refractivity contribution in [2.75, 3.05) is 13.2 Å². The van der Waals surface area contributed by atoms with Crippen LogP contribution >= 0.6 is 0 Å². The van der Waals surface area contributed by atoms with Gasteiger partial charge in [-0.2, -0.15) is 0 Å². The summed E-state index contributed by atoms with van der Waals surface area (Å²) >= 11 is 0. The highest BCUT2D eigenvalue weighted by Crippen LogP contribution is 2.17. The van der Waals surface area contributed by atoms with E-state index in [-0.39, 0.29) is 31.1 Å². The minimum Gasteiger partial charge on any atom is -0.462 e. The van der Waals surface area contributed by atoms with E-state index >= 15 is 0 Å². The van der Waals surface area contributed by atoms with Gasteiger partial charge in [0.1, 0.15) is 13.2 Å². The Morgan fingerprint density at radius 2 is 0.508 bits per heavy atom. The molecule has 0 rings (SSSR count). The third kappa shape index (κ3) is 53.0. The van der Waals surface area contributed by atoms with Gasteiger partial charge in [-0.1, -0.05) is 277 Å². The van der Waals surface area contributed by atoms with Gasteiger partial charge in [0.15, 0.2) is 6.10 Å². The van der Waals surface area contributed by atoms with E-state index in [2.05, 4.69) is 32.9 Å². The average molecular weight is 918 g/mol. The summed E-state index contributed by atoms with van der Waals surface area (Å²) in [5, 5.41) is 0. The summed E-state index contributed by atoms with van der Waals surface area (Å²) in [6, 6.07) is 0. The molecule has 0 bridgehead atoms. The van der Waals surface area contributed by atoms with Crippen LogP contribution in [0.2, 0.25) is 0 Å². The molecule has 0 saturated heterocycles. The molecule has 0 unspecified atom stereocenters. The minimum absolute atomic E-state index is 0.0667. The van der Waals surface area contributed by atoms with Gasteiger partial charge in [-0.05, 0) is 44.9 Å². The molecule has 0 amide bonds. The SMILES string of the molecule is CCCCCC/C=C\CCCCCCCC(=O)OC[C@H](COC(=O)CCCCCCCCCCCCCCC)OC(=O)CCCCCCCCCCCCCCCCCCCCCCC. The molecule has 0 saturated carbocycles. The van der Waals surface area contributed by atoms with E-state index in [9.17, 15) is 14.4 Å². The van der Waals surface area contributed by atoms with Gasteiger partial charge in [0.25, 0.3) is 0 Å². The first-order valence-corrected chi connectivity index (χ1v) is 29.2. The lowest BCUT2D eigenvalue weighted by atomic mass is 10.0. The maximum absolute atomic E-state index is 12.9. The first-order valence-electron chi connectivity index (χ1n) is 29.2. The third-order valence-electron chi connectivity index (χ3n) is 13.3. The zero-order valence-corrected chi connectivity index (χ0v) is 44.0. The molecule has 0 fully saturated rings. The standard InChI is InChI=1S/C59H112O6/c1-4-7-10-13-16-19-22-25-26-27-28-29-30-31-32-35-38-41-44-47-50-53-59(62)65-56(54-63-57(60)51-48-45-42-39-36-33-23-20-17-14-11-8-5-2)55-64-58(61)52-49-46-43-40-37-34-24-21-18-15-12-9-6-3/h20,23,56H,4-19,21-22,24-55H2,1-3H3/b23-20-/t56-/m1/s1. The number of rotatable bonds is 54. The maximum Gasteiger partial charge on any atom is 0.306 e. The monoisotopic (exact) mass is 917 g/mol. The Morgan fingerprint density at radius 1 is 0.292 bits per heavy atom. The molecule has 0 aromatic carbocycles. The van der Waals surface area contributed by atoms with Crippen LogP contribution in [0, 0.1) is 0 Å². The zero-order chi connectivity index (χ0) is 47.2. The molecule has 0 aromatic heterocycles. The van der Waals surface area contributed by atoms with Crippen molar-refractivity contribution in [3.05, 3.63) is 12.2 Å². The van der Waals surface area contributed by atoms with Gasteiger partial charge >= 0.3 is 17.9 Å². The molecule has 6 heteroatoms. The summed E-state index contributed by atoms with van der Waals surface area (Å²) < 4.78 is 16.9. The molecule has 384 valence electrons. The van der Waals surface area contributed by atoms with Crippen LogP contribution < -0.4 is 0 Å². The van der Waals surface area contributed by atoms with Crippen molar-refractivity contribution < 1.29 is 28.6 Å². The van der Waals surface area contributed by atoms with Crippen molar-refractivity contribution in [2.45, 2.75) is 335 Å². The van der Waals surface area contributed by atoms with E-state index in [0.717, 1.165) is 64.2 Å². The van der Waals surface area contributed by atoms with Gasteiger partial charge in [-0.3, -0.25) is 14.4 Å². The highest BCUT2D eigenvalue weighted by molar-refractivity contribution is 5.71. The molecule has 65 heavy (non-hydrogen) atoms. The molecule has 0 aromatic rings. The van der Waals surface area contributed by atoms with Crippen molar-refractivity contribution in [2.24, 2.45) is 0 Å². The van der Waals surface area contributed by atoms with Crippen molar-refractivity contribution >= 4 is 17.9 Å². The highest BCUT2D eigenvalue weighted by atomic mass is 16.6. The molecule has 0 spiro atoms. The average Bonchev–Trinajstić information content (AvgIpc) is 3.30. The summed E-state index contributed by atoms with van der Waals surface area (Å²) in [4.78, 5) is 38.1. The summed E-state index contributed by atoms with van der Waals surface area (Å²) in [5.41, 5.74) is 0. The van der Waals surface area contributed by atoms with Gasteiger partial charge in [0.2, 0.25) is 0 Å². The quantitative estimate of drug-likeness (QED) is 0.0262. The number of unbranched alkanes of at least 4 members (excludes halogenated alkanes) is 41. The zero-order valence-electron chi connectivity index (χ0n) is 44.0. The number of carbonyl (C=O) groups is 3. The van der Waals surface area contributed by atoms with Gasteiger partial charge in [-0.15, -0.1) is 0 Å². The van der Waals surface area contributed by atoms with Gasteiger partial charge in [-0.25, -0.2) is 0 Å². The Hall–Kier alpha value is -1.85. The Bertz CT molecular complexity index is 1010. The molecule has 6 nitrogen and oxygen atoms in total. The van der Waals surface area contributed by atoms with Crippen LogP contribution in [0.25, 0.3) is 0 Å².